The zero-order valence-corrected chi connectivity index (χ0v) is 87.2. The molecule has 0 aliphatic heterocycles. The van der Waals surface area contributed by atoms with E-state index in [-0.39, 0.29) is 38.0 Å². The number of methoxy groups -OCH3 is 1. The summed E-state index contributed by atoms with van der Waals surface area (Å²) in [6.45, 7) is 32.5. The summed E-state index contributed by atoms with van der Waals surface area (Å²) in [5.74, 6) is 0.667. The number of benzene rings is 25. The highest BCUT2D eigenvalue weighted by Gasteiger charge is 2.09. The number of aryl methyl sites for hydroxylation is 2. The first-order chi connectivity index (χ1) is 69.7. The van der Waals surface area contributed by atoms with Gasteiger partial charge in [-0.3, -0.25) is 0 Å². The summed E-state index contributed by atoms with van der Waals surface area (Å²) in [6, 6.07) is 171. The van der Waals surface area contributed by atoms with Crippen LogP contribution in [0.15, 0.2) is 485 Å². The molecule has 25 aromatic rings. The molecule has 0 radical (unpaired) electrons. The Morgan fingerprint density at radius 2 is 0.241 bits per heavy atom. The van der Waals surface area contributed by atoms with E-state index in [1.54, 1.807) is 14.2 Å². The van der Waals surface area contributed by atoms with E-state index in [0.717, 1.165) is 0 Å². The molecular weight excluding hydrogens is 1760 g/mol. The Hall–Kier alpha value is -16.2. The molecule has 0 heterocycles. The molecule has 0 atom stereocenters. The molecule has 0 N–H and O–H groups in total. The van der Waals surface area contributed by atoms with Gasteiger partial charge in [0.1, 0.15) is 23.1 Å². The zero-order chi connectivity index (χ0) is 103. The van der Waals surface area contributed by atoms with Crippen molar-refractivity contribution in [3.63, 3.8) is 0 Å². The van der Waals surface area contributed by atoms with E-state index in [4.69, 9.17) is 0 Å². The Morgan fingerprint density at radius 3 is 0.372 bits per heavy atom. The molecule has 0 spiro atoms. The third-order valence-corrected chi connectivity index (χ3v) is 22.1. The van der Waals surface area contributed by atoms with Crippen molar-refractivity contribution in [1.29, 1.82) is 0 Å². The number of carbonyl (C=O) groups is 4. The molecule has 0 unspecified atom stereocenters. The minimum Gasteiger partial charge on any atom is -0.388 e. The Balaban J connectivity index is 0.000000242. The van der Waals surface area contributed by atoms with Crippen LogP contribution >= 0.6 is 0 Å². The molecule has 25 aromatic carbocycles. The maximum Gasteiger partial charge on any atom is 0.126 e. The highest BCUT2D eigenvalue weighted by atomic mass is 16.4. The van der Waals surface area contributed by atoms with Crippen LogP contribution in [0.4, 0.5) is 0 Å². The summed E-state index contributed by atoms with van der Waals surface area (Å²) in [6.07, 6.45) is 0. The number of ketones is 4. The zero-order valence-electron chi connectivity index (χ0n) is 87.2. The fourth-order valence-electron chi connectivity index (χ4n) is 15.9. The average molecular weight is 1910 g/mol. The van der Waals surface area contributed by atoms with E-state index < -0.39 is 0 Å². The highest BCUT2D eigenvalue weighted by molar-refractivity contribution is 6.24. The molecule has 5 nitrogen and oxygen atoms in total. The third-order valence-electron chi connectivity index (χ3n) is 22.1. The Labute approximate surface area is 863 Å². The van der Waals surface area contributed by atoms with Gasteiger partial charge < -0.3 is 23.9 Å². The fraction of sp³-hybridized carbons (Fsp3) is 0.157. The second-order valence-electron chi connectivity index (χ2n) is 33.5. The van der Waals surface area contributed by atoms with Crippen LogP contribution in [0.25, 0.3) is 172 Å². The quantitative estimate of drug-likeness (QED) is 0.112. The molecule has 0 aliphatic rings. The Morgan fingerprint density at radius 1 is 0.145 bits per heavy atom. The first kappa shape index (κ1) is 118. The van der Waals surface area contributed by atoms with Crippen LogP contribution < -0.4 is 0 Å². The topological polar surface area (TPSA) is 77.5 Å². The molecule has 0 fully saturated rings. The highest BCUT2D eigenvalue weighted by Crippen LogP contribution is 2.37. The van der Waals surface area contributed by atoms with Crippen molar-refractivity contribution in [1.82, 2.24) is 0 Å². The maximum atomic E-state index is 9.44. The van der Waals surface area contributed by atoms with Gasteiger partial charge in [0.25, 0.3) is 0 Å². The van der Waals surface area contributed by atoms with Gasteiger partial charge in [-0.1, -0.05) is 531 Å². The lowest BCUT2D eigenvalue weighted by Gasteiger charge is -2.09. The van der Waals surface area contributed by atoms with Gasteiger partial charge >= 0.3 is 0 Å². The molecular formula is C140H148O5. The smallest absolute Gasteiger partial charge is 0.126 e. The summed E-state index contributed by atoms with van der Waals surface area (Å²) >= 11 is 0. The Kier molecular flexibility index (Phi) is 52.1. The van der Waals surface area contributed by atoms with Crippen LogP contribution in [0, 0.1) is 13.8 Å². The van der Waals surface area contributed by atoms with Crippen molar-refractivity contribution < 1.29 is 23.9 Å². The fourth-order valence-corrected chi connectivity index (χ4v) is 15.9. The second kappa shape index (κ2) is 64.3. The molecule has 5 heteroatoms. The molecule has 0 bridgehead atoms. The monoisotopic (exact) mass is 1910 g/mol. The first-order valence-corrected chi connectivity index (χ1v) is 49.6. The lowest BCUT2D eigenvalue weighted by Crippen LogP contribution is -1.82. The van der Waals surface area contributed by atoms with Gasteiger partial charge in [-0.2, -0.15) is 0 Å². The van der Waals surface area contributed by atoms with Crippen molar-refractivity contribution in [2.45, 2.75) is 139 Å². The van der Waals surface area contributed by atoms with Crippen LogP contribution in [0.3, 0.4) is 0 Å². The van der Waals surface area contributed by atoms with Crippen molar-refractivity contribution in [2.24, 2.45) is 0 Å². The van der Waals surface area contributed by atoms with Crippen molar-refractivity contribution in [2.75, 3.05) is 14.2 Å². The first-order valence-electron chi connectivity index (χ1n) is 49.6. The van der Waals surface area contributed by atoms with Crippen molar-refractivity contribution in [3.8, 4) is 0 Å². The third kappa shape index (κ3) is 36.1. The van der Waals surface area contributed by atoms with E-state index in [0.29, 0.717) is 0 Å². The SMILES string of the molecule is C.C.CC.CC.CC.CC.CC(C)=O.CC(C)=O.CC(C)=O.CC(C)=O.COC.Cc1ccccc1C.c1cc2ccc3cccc4ccc(c1)c2c34.c1cc2ccc3cccc4ccc(c1)c2c34.c1ccc2c(c1)ccc1ccccc12.c1ccc2c(c1)ccc1ccccc12.c1ccc2cc3ccccc3cc2c1.c1ccc2cc3ccccc3cc2c1.c1ccc2ccccc2c1.c1ccc2ccccc2c1. The Bertz CT molecular complexity index is 6910. The van der Waals surface area contributed by atoms with E-state index in [1.165, 1.54) is 239 Å². The number of ether oxygens (including phenoxy) is 1. The number of Topliss-reactive ketones (excluding diaryl/α,β-unsaturated/α-hetero) is 4. The molecule has 25 rings (SSSR count). The van der Waals surface area contributed by atoms with Gasteiger partial charge in [0.2, 0.25) is 0 Å². The number of rotatable bonds is 0. The van der Waals surface area contributed by atoms with Gasteiger partial charge in [-0.25, -0.2) is 0 Å². The minimum absolute atomic E-state index is 0. The summed E-state index contributed by atoms with van der Waals surface area (Å²) in [7, 11) is 3.25. The summed E-state index contributed by atoms with van der Waals surface area (Å²) < 4.78 is 4.25. The van der Waals surface area contributed by atoms with E-state index in [1.807, 2.05) is 55.4 Å². The van der Waals surface area contributed by atoms with Gasteiger partial charge in [-0.05, 0) is 277 Å². The van der Waals surface area contributed by atoms with Crippen molar-refractivity contribution >= 4 is 195 Å². The average Bonchev–Trinajstić information content (AvgIpc) is 0.750. The van der Waals surface area contributed by atoms with Crippen LogP contribution in [0.1, 0.15) is 137 Å². The van der Waals surface area contributed by atoms with E-state index in [2.05, 4.69) is 504 Å². The van der Waals surface area contributed by atoms with Crippen LogP contribution in [-0.2, 0) is 23.9 Å². The van der Waals surface area contributed by atoms with Crippen LogP contribution in [0.5, 0.6) is 0 Å². The lowest BCUT2D eigenvalue weighted by molar-refractivity contribution is -0.115. The van der Waals surface area contributed by atoms with Crippen LogP contribution in [-0.4, -0.2) is 37.4 Å². The molecule has 0 aromatic heterocycles. The summed E-state index contributed by atoms with van der Waals surface area (Å²) in [5, 5.41) is 42.6. The van der Waals surface area contributed by atoms with E-state index >= 15 is 0 Å². The molecule has 145 heavy (non-hydrogen) atoms. The largest absolute Gasteiger partial charge is 0.388 e. The molecule has 0 aliphatic carbocycles. The molecule has 0 amide bonds. The maximum absolute atomic E-state index is 9.44. The number of carbonyl (C=O) groups excluding carboxylic acids is 4. The molecule has 0 saturated heterocycles. The van der Waals surface area contributed by atoms with E-state index in [9.17, 15) is 19.2 Å². The van der Waals surface area contributed by atoms with Gasteiger partial charge in [0.05, 0.1) is 0 Å². The lowest BCUT2D eigenvalue weighted by atomic mass is 9.95. The van der Waals surface area contributed by atoms with Crippen LogP contribution in [0.2, 0.25) is 0 Å². The van der Waals surface area contributed by atoms with Gasteiger partial charge in [-0.15, -0.1) is 0 Å². The minimum atomic E-state index is 0. The van der Waals surface area contributed by atoms with Gasteiger partial charge in [0, 0.05) is 14.2 Å². The number of hydrogen-bond acceptors (Lipinski definition) is 5. The van der Waals surface area contributed by atoms with Gasteiger partial charge in [0.15, 0.2) is 0 Å². The van der Waals surface area contributed by atoms with Crippen molar-refractivity contribution in [3.05, 3.63) is 496 Å². The second-order valence-corrected chi connectivity index (χ2v) is 33.5. The standard InChI is InChI=1S/2C16H10.4C14H10.2C10H8.C8H10.4C3H6O.C2H6O.4C2H6.2CH4/c2*1-3-11-7-9-13-5-2-6-14-10-8-12(4-1)15(11)16(13)14;2*1-3-7-13-11(5-1)9-10-12-6-2-4-8-14(12)13;2*1-2-6-12-10-14-8-4-3-7-13(14)9-11(12)5-1;2*1-2-6-10-8-4-3-7-9(10)5-1;1-7-5-3-4-6-8(7)2;4*1-3(2)4;1-3-2;4*1-2;;/h2*1-10H;4*1-10H;2*1-8H;3-6H,1-2H3;4*1-2H3;1-2H3;4*1-2H3;2*1H4. The summed E-state index contributed by atoms with van der Waals surface area (Å²) in [4.78, 5) is 37.8. The molecule has 0 saturated carbocycles. The molecule has 738 valence electrons. The normalized spacial score (nSPS) is 9.68. The predicted molar refractivity (Wildman–Crippen MR) is 647 cm³/mol. The predicted octanol–water partition coefficient (Wildman–Crippen LogP) is 41.1. The number of fused-ring (bicyclic) bond motifs is 12. The summed E-state index contributed by atoms with van der Waals surface area (Å²) in [5.41, 5.74) is 2.74. The number of hydrogen-bond donors (Lipinski definition) is 0.